The van der Waals surface area contributed by atoms with Crippen molar-refractivity contribution in [3.63, 3.8) is 0 Å². The zero-order valence-electron chi connectivity index (χ0n) is 12.5. The summed E-state index contributed by atoms with van der Waals surface area (Å²) >= 11 is 0. The molecule has 4 N–H and O–H groups in total. The number of hydrogen-bond donors (Lipinski definition) is 4. The van der Waals surface area contributed by atoms with Crippen molar-refractivity contribution in [2.75, 3.05) is 0 Å². The smallest absolute Gasteiger partial charge is 0.325 e. The molecule has 0 fully saturated rings. The van der Waals surface area contributed by atoms with E-state index in [1.807, 2.05) is 0 Å². The van der Waals surface area contributed by atoms with Crippen molar-refractivity contribution in [3.8, 4) is 5.75 Å². The van der Waals surface area contributed by atoms with Gasteiger partial charge in [0.2, 0.25) is 0 Å². The minimum atomic E-state index is -4.53. The monoisotopic (exact) mass is 351 g/mol. The maximum atomic E-state index is 11.6. The van der Waals surface area contributed by atoms with Crippen LogP contribution in [0.2, 0.25) is 0 Å². The van der Waals surface area contributed by atoms with Gasteiger partial charge in [-0.3, -0.25) is 14.7 Å². The lowest BCUT2D eigenvalue weighted by Gasteiger charge is -2.21. The molecule has 0 aliphatic heterocycles. The van der Waals surface area contributed by atoms with Gasteiger partial charge in [-0.1, -0.05) is 42.5 Å². The summed E-state index contributed by atoms with van der Waals surface area (Å²) in [4.78, 5) is 11.5. The molecule has 128 valence electrons. The highest BCUT2D eigenvalue weighted by molar-refractivity contribution is 7.86. The minimum absolute atomic E-state index is 0.0431. The maximum Gasteiger partial charge on any atom is 0.325 e. The topological polar surface area (TPSA) is 124 Å². The van der Waals surface area contributed by atoms with E-state index in [9.17, 15) is 28.0 Å². The number of aromatic hydroxyl groups is 1. The molecule has 2 rings (SSSR count). The predicted molar refractivity (Wildman–Crippen MR) is 87.1 cm³/mol. The zero-order chi connectivity index (χ0) is 17.7. The number of phenolic OH excluding ortho intramolecular Hbond substituents is 1. The van der Waals surface area contributed by atoms with Crippen LogP contribution in [-0.2, 0) is 21.3 Å². The number of nitrogens with one attached hydrogen (secondary N) is 1. The van der Waals surface area contributed by atoms with E-state index in [1.165, 1.54) is 24.3 Å². The van der Waals surface area contributed by atoms with Gasteiger partial charge in [0, 0.05) is 6.42 Å². The van der Waals surface area contributed by atoms with Gasteiger partial charge < -0.3 is 10.2 Å². The standard InChI is InChI=1S/C16H17NO6S/c18-13-8-6-12(7-9-13)15(16(19)20)17-14(24(21,22)23)10-11-4-2-1-3-5-11/h1-9,14-15,17-18H,10H2,(H,19,20)(H,21,22,23)/t14?,15-/m1/s1. The van der Waals surface area contributed by atoms with Crippen molar-refractivity contribution in [1.82, 2.24) is 5.32 Å². The van der Waals surface area contributed by atoms with Crippen molar-refractivity contribution in [1.29, 1.82) is 0 Å². The van der Waals surface area contributed by atoms with E-state index in [4.69, 9.17) is 0 Å². The molecule has 2 aromatic rings. The molecule has 0 saturated carbocycles. The Morgan fingerprint density at radius 3 is 2.12 bits per heavy atom. The Morgan fingerprint density at radius 1 is 1.04 bits per heavy atom. The van der Waals surface area contributed by atoms with Gasteiger partial charge >= 0.3 is 5.97 Å². The average Bonchev–Trinajstić information content (AvgIpc) is 2.52. The maximum absolute atomic E-state index is 11.6. The van der Waals surface area contributed by atoms with Gasteiger partial charge in [0.25, 0.3) is 10.1 Å². The van der Waals surface area contributed by atoms with Gasteiger partial charge in [-0.25, -0.2) is 0 Å². The van der Waals surface area contributed by atoms with Crippen molar-refractivity contribution in [2.24, 2.45) is 0 Å². The molecule has 8 heteroatoms. The summed E-state index contributed by atoms with van der Waals surface area (Å²) in [6.07, 6.45) is -0.0957. The van der Waals surface area contributed by atoms with Crippen LogP contribution in [0.25, 0.3) is 0 Å². The van der Waals surface area contributed by atoms with E-state index in [0.717, 1.165) is 0 Å². The summed E-state index contributed by atoms with van der Waals surface area (Å²) in [6, 6.07) is 12.5. The zero-order valence-corrected chi connectivity index (χ0v) is 13.3. The Labute approximate surface area is 139 Å². The second-order valence-corrected chi connectivity index (χ2v) is 6.82. The van der Waals surface area contributed by atoms with Crippen LogP contribution in [0.5, 0.6) is 5.75 Å². The molecule has 0 heterocycles. The van der Waals surface area contributed by atoms with E-state index < -0.39 is 27.5 Å². The molecule has 0 aliphatic rings. The lowest BCUT2D eigenvalue weighted by atomic mass is 10.1. The van der Waals surface area contributed by atoms with Crippen LogP contribution >= 0.6 is 0 Å². The summed E-state index contributed by atoms with van der Waals surface area (Å²) in [5.41, 5.74) is 0.879. The van der Waals surface area contributed by atoms with Gasteiger partial charge in [-0.15, -0.1) is 0 Å². The predicted octanol–water partition coefficient (Wildman–Crippen LogP) is 1.56. The second-order valence-electron chi connectivity index (χ2n) is 5.22. The second kappa shape index (κ2) is 7.43. The first-order valence-corrected chi connectivity index (χ1v) is 8.55. The molecule has 1 unspecified atom stereocenters. The van der Waals surface area contributed by atoms with Crippen molar-refractivity contribution in [2.45, 2.75) is 17.8 Å². The first-order valence-electron chi connectivity index (χ1n) is 7.05. The number of phenols is 1. The molecule has 0 amide bonds. The Kier molecular flexibility index (Phi) is 5.55. The van der Waals surface area contributed by atoms with Crippen molar-refractivity contribution in [3.05, 3.63) is 65.7 Å². The molecule has 2 aromatic carbocycles. The Morgan fingerprint density at radius 2 is 1.62 bits per heavy atom. The molecule has 0 saturated heterocycles. The number of hydrogen-bond acceptors (Lipinski definition) is 5. The van der Waals surface area contributed by atoms with E-state index in [-0.39, 0.29) is 17.7 Å². The van der Waals surface area contributed by atoms with Gasteiger partial charge in [0.1, 0.15) is 17.2 Å². The van der Waals surface area contributed by atoms with Crippen molar-refractivity contribution < 1.29 is 28.0 Å². The summed E-state index contributed by atoms with van der Waals surface area (Å²) < 4.78 is 32.7. The van der Waals surface area contributed by atoms with Crippen LogP contribution in [0.4, 0.5) is 0 Å². The molecule has 7 nitrogen and oxygen atoms in total. The molecular formula is C16H17NO6S. The largest absolute Gasteiger partial charge is 0.508 e. The fraction of sp³-hybridized carbons (Fsp3) is 0.188. The third kappa shape index (κ3) is 4.79. The molecule has 2 atom stereocenters. The number of carbonyl (C=O) groups is 1. The van der Waals surface area contributed by atoms with Crippen LogP contribution in [0.3, 0.4) is 0 Å². The van der Waals surface area contributed by atoms with Crippen LogP contribution in [0.15, 0.2) is 54.6 Å². The Balaban J connectivity index is 2.28. The fourth-order valence-electron chi connectivity index (χ4n) is 2.24. The van der Waals surface area contributed by atoms with Crippen molar-refractivity contribution >= 4 is 16.1 Å². The normalized spacial score (nSPS) is 14.0. The minimum Gasteiger partial charge on any atom is -0.508 e. The number of carboxylic acids is 1. The molecule has 0 bridgehead atoms. The van der Waals surface area contributed by atoms with Gasteiger partial charge in [0.15, 0.2) is 0 Å². The highest BCUT2D eigenvalue weighted by atomic mass is 32.2. The first kappa shape index (κ1) is 17.9. The molecule has 0 aromatic heterocycles. The third-order valence-electron chi connectivity index (χ3n) is 3.45. The van der Waals surface area contributed by atoms with Gasteiger partial charge in [-0.05, 0) is 23.3 Å². The highest BCUT2D eigenvalue weighted by Crippen LogP contribution is 2.19. The molecule has 0 radical (unpaired) electrons. The van der Waals surface area contributed by atoms with E-state index in [2.05, 4.69) is 5.32 Å². The quantitative estimate of drug-likeness (QED) is 0.558. The highest BCUT2D eigenvalue weighted by Gasteiger charge is 2.30. The average molecular weight is 351 g/mol. The number of benzene rings is 2. The number of aliphatic carboxylic acids is 1. The SMILES string of the molecule is O=C(O)[C@H](NC(Cc1ccccc1)S(=O)(=O)O)c1ccc(O)cc1. The number of carboxylic acid groups (broad SMARTS) is 1. The fourth-order valence-corrected chi connectivity index (χ4v) is 2.95. The van der Waals surface area contributed by atoms with Crippen LogP contribution in [0.1, 0.15) is 17.2 Å². The Hall–Kier alpha value is -2.42. The molecular weight excluding hydrogens is 334 g/mol. The Bertz CT molecular complexity index is 789. The number of rotatable bonds is 7. The van der Waals surface area contributed by atoms with Crippen LogP contribution in [-0.4, -0.2) is 34.5 Å². The summed E-state index contributed by atoms with van der Waals surface area (Å²) in [7, 11) is -4.53. The van der Waals surface area contributed by atoms with Gasteiger partial charge in [-0.2, -0.15) is 8.42 Å². The summed E-state index contributed by atoms with van der Waals surface area (Å²) in [5.74, 6) is -1.35. The summed E-state index contributed by atoms with van der Waals surface area (Å²) in [6.45, 7) is 0. The first-order chi connectivity index (χ1) is 11.3. The van der Waals surface area contributed by atoms with Gasteiger partial charge in [0.05, 0.1) is 0 Å². The molecule has 24 heavy (non-hydrogen) atoms. The lowest BCUT2D eigenvalue weighted by Crippen LogP contribution is -2.43. The lowest BCUT2D eigenvalue weighted by molar-refractivity contribution is -0.139. The van der Waals surface area contributed by atoms with Crippen LogP contribution < -0.4 is 5.32 Å². The van der Waals surface area contributed by atoms with E-state index in [1.54, 1.807) is 30.3 Å². The molecule has 0 aliphatic carbocycles. The van der Waals surface area contributed by atoms with Crippen LogP contribution in [0, 0.1) is 0 Å². The third-order valence-corrected chi connectivity index (χ3v) is 4.47. The van der Waals surface area contributed by atoms with E-state index in [0.29, 0.717) is 5.56 Å². The molecule has 0 spiro atoms. The van der Waals surface area contributed by atoms with E-state index >= 15 is 0 Å². The summed E-state index contributed by atoms with van der Waals surface area (Å²) in [5, 5.41) is 19.6.